The van der Waals surface area contributed by atoms with Gasteiger partial charge in [-0.15, -0.1) is 12.4 Å². The van der Waals surface area contributed by atoms with Gasteiger partial charge in [-0.05, 0) is 32.2 Å². The van der Waals surface area contributed by atoms with Gasteiger partial charge in [-0.3, -0.25) is 4.79 Å². The van der Waals surface area contributed by atoms with Gasteiger partial charge in [0.2, 0.25) is 5.91 Å². The van der Waals surface area contributed by atoms with Gasteiger partial charge in [-0.2, -0.15) is 0 Å². The van der Waals surface area contributed by atoms with Gasteiger partial charge in [0.05, 0.1) is 5.54 Å². The summed E-state index contributed by atoms with van der Waals surface area (Å²) in [6.07, 6.45) is 5.30. The first-order valence-corrected chi connectivity index (χ1v) is 5.71. The van der Waals surface area contributed by atoms with Crippen LogP contribution in [0.4, 0.5) is 0 Å². The van der Waals surface area contributed by atoms with Crippen LogP contribution < -0.4 is 5.32 Å². The van der Waals surface area contributed by atoms with Gasteiger partial charge in [0.1, 0.15) is 0 Å². The number of likely N-dealkylation sites (N-methyl/N-ethyl adjacent to an activating group) is 1. The monoisotopic (exact) mass is 232 g/mol. The van der Waals surface area contributed by atoms with Gasteiger partial charge >= 0.3 is 0 Å². The van der Waals surface area contributed by atoms with Crippen LogP contribution >= 0.6 is 12.4 Å². The molecular formula is C11H21ClN2O. The molecule has 0 aliphatic carbocycles. The Morgan fingerprint density at radius 2 is 2.27 bits per heavy atom. The van der Waals surface area contributed by atoms with Gasteiger partial charge in [0, 0.05) is 19.5 Å². The number of halogens is 1. The Morgan fingerprint density at radius 1 is 1.53 bits per heavy atom. The summed E-state index contributed by atoms with van der Waals surface area (Å²) in [5.41, 5.74) is 0.143. The van der Waals surface area contributed by atoms with Crippen LogP contribution in [0.2, 0.25) is 0 Å². The molecule has 4 heteroatoms. The third-order valence-corrected chi connectivity index (χ3v) is 4.05. The maximum atomic E-state index is 11.6. The lowest BCUT2D eigenvalue weighted by Gasteiger charge is -2.46. The highest BCUT2D eigenvalue weighted by molar-refractivity contribution is 5.85. The molecular weight excluding hydrogens is 212 g/mol. The first-order valence-electron chi connectivity index (χ1n) is 5.71. The highest BCUT2D eigenvalue weighted by Gasteiger charge is 2.48. The molecule has 15 heavy (non-hydrogen) atoms. The lowest BCUT2D eigenvalue weighted by molar-refractivity contribution is -0.131. The van der Waals surface area contributed by atoms with Crippen molar-refractivity contribution in [1.82, 2.24) is 10.2 Å². The predicted molar refractivity (Wildman–Crippen MR) is 63.3 cm³/mol. The smallest absolute Gasteiger partial charge is 0.222 e. The standard InChI is InChI=1S/C11H20N2O.ClH/c1-3-9-11(6-4-8-12-9)7-5-10(14)13(11)2;/h9,12H,3-8H2,1-2H3;1H/t9-,11-;/m0./s1. The molecule has 2 atom stereocenters. The summed E-state index contributed by atoms with van der Waals surface area (Å²) < 4.78 is 0. The van der Waals surface area contributed by atoms with Crippen molar-refractivity contribution < 1.29 is 4.79 Å². The second-order valence-electron chi connectivity index (χ2n) is 4.57. The van der Waals surface area contributed by atoms with E-state index in [2.05, 4.69) is 12.2 Å². The molecule has 0 saturated carbocycles. The summed E-state index contributed by atoms with van der Waals surface area (Å²) >= 11 is 0. The van der Waals surface area contributed by atoms with Crippen molar-refractivity contribution in [1.29, 1.82) is 0 Å². The quantitative estimate of drug-likeness (QED) is 0.744. The molecule has 2 fully saturated rings. The number of carbonyl (C=O) groups excluding carboxylic acids is 1. The Morgan fingerprint density at radius 3 is 2.80 bits per heavy atom. The van der Waals surface area contributed by atoms with E-state index in [9.17, 15) is 4.79 Å². The van der Waals surface area contributed by atoms with Crippen LogP contribution in [0.3, 0.4) is 0 Å². The SMILES string of the molecule is CC[C@@H]1NCCC[C@]12CCC(=O)N2C.Cl. The van der Waals surface area contributed by atoms with Crippen molar-refractivity contribution in [2.75, 3.05) is 13.6 Å². The Labute approximate surface area is 98.0 Å². The predicted octanol–water partition coefficient (Wildman–Crippen LogP) is 1.56. The van der Waals surface area contributed by atoms with Crippen molar-refractivity contribution in [3.05, 3.63) is 0 Å². The zero-order valence-electron chi connectivity index (χ0n) is 9.58. The molecule has 1 N–H and O–H groups in total. The number of piperidine rings is 1. The fourth-order valence-corrected chi connectivity index (χ4v) is 3.17. The molecule has 0 unspecified atom stereocenters. The Balaban J connectivity index is 0.00000112. The van der Waals surface area contributed by atoms with Crippen molar-refractivity contribution in [2.45, 2.75) is 50.6 Å². The van der Waals surface area contributed by atoms with E-state index in [4.69, 9.17) is 0 Å². The van der Waals surface area contributed by atoms with Gasteiger partial charge in [-0.25, -0.2) is 0 Å². The maximum Gasteiger partial charge on any atom is 0.222 e. The second-order valence-corrected chi connectivity index (χ2v) is 4.57. The van der Waals surface area contributed by atoms with E-state index in [1.54, 1.807) is 0 Å². The number of likely N-dealkylation sites (tertiary alicyclic amines) is 1. The van der Waals surface area contributed by atoms with Crippen molar-refractivity contribution >= 4 is 18.3 Å². The topological polar surface area (TPSA) is 32.3 Å². The van der Waals surface area contributed by atoms with Crippen LogP contribution in [0.5, 0.6) is 0 Å². The molecule has 0 aromatic heterocycles. The third kappa shape index (κ3) is 1.87. The highest BCUT2D eigenvalue weighted by Crippen LogP contribution is 2.38. The minimum Gasteiger partial charge on any atom is -0.338 e. The molecule has 0 aromatic carbocycles. The molecule has 2 heterocycles. The molecule has 0 aromatic rings. The number of hydrogen-bond acceptors (Lipinski definition) is 2. The summed E-state index contributed by atoms with van der Waals surface area (Å²) in [6.45, 7) is 3.32. The summed E-state index contributed by atoms with van der Waals surface area (Å²) in [4.78, 5) is 13.6. The van der Waals surface area contributed by atoms with Crippen LogP contribution in [-0.2, 0) is 4.79 Å². The molecule has 0 radical (unpaired) electrons. The molecule has 1 spiro atoms. The summed E-state index contributed by atoms with van der Waals surface area (Å²) in [5, 5.41) is 3.56. The summed E-state index contributed by atoms with van der Waals surface area (Å²) in [5.74, 6) is 0.326. The van der Waals surface area contributed by atoms with Crippen LogP contribution in [-0.4, -0.2) is 36.0 Å². The van der Waals surface area contributed by atoms with Crippen LogP contribution in [0, 0.1) is 0 Å². The molecule has 1 amide bonds. The van der Waals surface area contributed by atoms with Crippen LogP contribution in [0.1, 0.15) is 39.0 Å². The minimum atomic E-state index is 0. The first kappa shape index (κ1) is 12.8. The van der Waals surface area contributed by atoms with E-state index < -0.39 is 0 Å². The van der Waals surface area contributed by atoms with Gasteiger partial charge in [0.15, 0.2) is 0 Å². The number of nitrogens with zero attached hydrogens (tertiary/aromatic N) is 1. The average Bonchev–Trinajstić information content (AvgIpc) is 2.49. The number of carbonyl (C=O) groups is 1. The Bertz CT molecular complexity index is 247. The lowest BCUT2D eigenvalue weighted by atomic mass is 9.79. The number of rotatable bonds is 1. The normalized spacial score (nSPS) is 35.7. The Kier molecular flexibility index (Phi) is 4.01. The fourth-order valence-electron chi connectivity index (χ4n) is 3.17. The molecule has 2 rings (SSSR count). The fraction of sp³-hybridized carbons (Fsp3) is 0.909. The van der Waals surface area contributed by atoms with Gasteiger partial charge in [0.25, 0.3) is 0 Å². The highest BCUT2D eigenvalue weighted by atomic mass is 35.5. The molecule has 2 saturated heterocycles. The largest absolute Gasteiger partial charge is 0.338 e. The average molecular weight is 233 g/mol. The van der Waals surface area contributed by atoms with Crippen LogP contribution in [0.15, 0.2) is 0 Å². The van der Waals surface area contributed by atoms with E-state index in [1.165, 1.54) is 12.8 Å². The second kappa shape index (κ2) is 4.71. The van der Waals surface area contributed by atoms with Gasteiger partial charge < -0.3 is 10.2 Å². The number of nitrogens with one attached hydrogen (secondary N) is 1. The molecule has 2 aliphatic heterocycles. The van der Waals surface area contributed by atoms with Crippen LogP contribution in [0.25, 0.3) is 0 Å². The van der Waals surface area contributed by atoms with E-state index in [1.807, 2.05) is 11.9 Å². The zero-order valence-corrected chi connectivity index (χ0v) is 10.4. The van der Waals surface area contributed by atoms with E-state index in [0.717, 1.165) is 25.8 Å². The molecule has 3 nitrogen and oxygen atoms in total. The Hall–Kier alpha value is -0.280. The lowest BCUT2D eigenvalue weighted by Crippen LogP contribution is -2.60. The molecule has 2 aliphatic rings. The number of amides is 1. The van der Waals surface area contributed by atoms with Crippen molar-refractivity contribution in [2.24, 2.45) is 0 Å². The maximum absolute atomic E-state index is 11.6. The molecule has 88 valence electrons. The third-order valence-electron chi connectivity index (χ3n) is 4.05. The summed E-state index contributed by atoms with van der Waals surface area (Å²) in [6, 6.07) is 0.507. The molecule has 0 bridgehead atoms. The van der Waals surface area contributed by atoms with E-state index in [0.29, 0.717) is 11.9 Å². The number of hydrogen-bond donors (Lipinski definition) is 1. The van der Waals surface area contributed by atoms with Gasteiger partial charge in [-0.1, -0.05) is 6.92 Å². The van der Waals surface area contributed by atoms with E-state index in [-0.39, 0.29) is 17.9 Å². The minimum absolute atomic E-state index is 0. The summed E-state index contributed by atoms with van der Waals surface area (Å²) in [7, 11) is 1.98. The van der Waals surface area contributed by atoms with E-state index >= 15 is 0 Å². The zero-order chi connectivity index (χ0) is 10.2. The van der Waals surface area contributed by atoms with Crippen molar-refractivity contribution in [3.8, 4) is 0 Å². The van der Waals surface area contributed by atoms with Crippen molar-refractivity contribution in [3.63, 3.8) is 0 Å². The first-order chi connectivity index (χ1) is 6.70.